The van der Waals surface area contributed by atoms with Gasteiger partial charge in [0.2, 0.25) is 0 Å². The number of rotatable bonds is 5. The van der Waals surface area contributed by atoms with E-state index in [0.717, 1.165) is 6.07 Å². The second-order valence-corrected chi connectivity index (χ2v) is 4.06. The summed E-state index contributed by atoms with van der Waals surface area (Å²) in [4.78, 5) is 21.3. The number of aliphatic hydroxyl groups is 2. The minimum Gasteiger partial charge on any atom is -0.389 e. The molecule has 0 radical (unpaired) electrons. The average molecular weight is 274 g/mol. The molecule has 0 aliphatic carbocycles. The fourth-order valence-electron chi connectivity index (χ4n) is 1.46. The van der Waals surface area contributed by atoms with E-state index in [0.29, 0.717) is 0 Å². The zero-order chi connectivity index (χ0) is 13.9. The SMILES string of the molecule is CC(=O)c1ccc(C(O)C(O)CCl)c([N+](=O)[O-])c1. The molecule has 18 heavy (non-hydrogen) atoms. The number of nitro groups is 1. The summed E-state index contributed by atoms with van der Waals surface area (Å²) in [6.45, 7) is 1.28. The number of alkyl halides is 1. The molecule has 0 saturated heterocycles. The lowest BCUT2D eigenvalue weighted by Crippen LogP contribution is -2.20. The Kier molecular flexibility index (Phi) is 4.77. The van der Waals surface area contributed by atoms with Gasteiger partial charge in [-0.25, -0.2) is 0 Å². The number of aliphatic hydroxyl groups excluding tert-OH is 2. The average Bonchev–Trinajstić information content (AvgIpc) is 2.35. The van der Waals surface area contributed by atoms with E-state index in [9.17, 15) is 25.1 Å². The van der Waals surface area contributed by atoms with Crippen LogP contribution in [-0.4, -0.2) is 32.9 Å². The molecule has 6 nitrogen and oxygen atoms in total. The third-order valence-corrected chi connectivity index (χ3v) is 2.79. The summed E-state index contributed by atoms with van der Waals surface area (Å²) in [5.74, 6) is -0.579. The van der Waals surface area contributed by atoms with Crippen LogP contribution in [0.2, 0.25) is 0 Å². The van der Waals surface area contributed by atoms with E-state index in [1.807, 2.05) is 0 Å². The highest BCUT2D eigenvalue weighted by molar-refractivity contribution is 6.18. The number of carbonyl (C=O) groups excluding carboxylic acids is 1. The van der Waals surface area contributed by atoms with E-state index in [4.69, 9.17) is 11.6 Å². The number of benzene rings is 1. The first-order valence-electron chi connectivity index (χ1n) is 5.09. The second kappa shape index (κ2) is 5.90. The number of Topliss-reactive ketones (excluding diaryl/α,β-unsaturated/α-hetero) is 1. The molecule has 0 aliphatic rings. The Morgan fingerprint density at radius 2 is 2.11 bits per heavy atom. The van der Waals surface area contributed by atoms with Crippen molar-refractivity contribution in [1.82, 2.24) is 0 Å². The van der Waals surface area contributed by atoms with E-state index >= 15 is 0 Å². The fraction of sp³-hybridized carbons (Fsp3) is 0.364. The van der Waals surface area contributed by atoms with Gasteiger partial charge in [-0.1, -0.05) is 6.07 Å². The van der Waals surface area contributed by atoms with Gasteiger partial charge >= 0.3 is 0 Å². The lowest BCUT2D eigenvalue weighted by Gasteiger charge is -2.15. The topological polar surface area (TPSA) is 101 Å². The van der Waals surface area contributed by atoms with E-state index in [1.54, 1.807) is 0 Å². The van der Waals surface area contributed by atoms with E-state index < -0.39 is 22.8 Å². The molecule has 0 heterocycles. The standard InChI is InChI=1S/C11H12ClNO5/c1-6(14)7-2-3-8(9(4-7)13(17)18)11(16)10(15)5-12/h2-4,10-11,15-16H,5H2,1H3. The van der Waals surface area contributed by atoms with Gasteiger partial charge < -0.3 is 10.2 Å². The molecule has 0 spiro atoms. The van der Waals surface area contributed by atoms with Crippen molar-refractivity contribution in [2.45, 2.75) is 19.1 Å². The zero-order valence-electron chi connectivity index (χ0n) is 9.54. The first-order valence-corrected chi connectivity index (χ1v) is 5.63. The molecule has 2 atom stereocenters. The van der Waals surface area contributed by atoms with E-state index in [-0.39, 0.29) is 22.8 Å². The Balaban J connectivity index is 3.27. The van der Waals surface area contributed by atoms with Gasteiger partial charge in [-0.2, -0.15) is 0 Å². The molecule has 0 aromatic heterocycles. The monoisotopic (exact) mass is 273 g/mol. The normalized spacial score (nSPS) is 14.0. The van der Waals surface area contributed by atoms with Crippen molar-refractivity contribution in [2.24, 2.45) is 0 Å². The summed E-state index contributed by atoms with van der Waals surface area (Å²) >= 11 is 5.38. The maximum Gasteiger partial charge on any atom is 0.276 e. The molecule has 2 N–H and O–H groups in total. The zero-order valence-corrected chi connectivity index (χ0v) is 10.3. The molecular weight excluding hydrogens is 262 g/mol. The van der Waals surface area contributed by atoms with Crippen LogP contribution in [0.15, 0.2) is 18.2 Å². The smallest absolute Gasteiger partial charge is 0.276 e. The maximum atomic E-state index is 11.1. The first kappa shape index (κ1) is 14.6. The lowest BCUT2D eigenvalue weighted by molar-refractivity contribution is -0.386. The van der Waals surface area contributed by atoms with Crippen molar-refractivity contribution in [3.8, 4) is 0 Å². The number of halogens is 1. The van der Waals surface area contributed by atoms with E-state index in [2.05, 4.69) is 0 Å². The van der Waals surface area contributed by atoms with Gasteiger partial charge in [-0.05, 0) is 13.0 Å². The van der Waals surface area contributed by atoms with Crippen molar-refractivity contribution in [3.05, 3.63) is 39.4 Å². The Hall–Kier alpha value is -1.50. The largest absolute Gasteiger partial charge is 0.389 e. The van der Waals surface area contributed by atoms with Crippen molar-refractivity contribution in [1.29, 1.82) is 0 Å². The Labute approximate surface area is 108 Å². The highest BCUT2D eigenvalue weighted by atomic mass is 35.5. The molecule has 1 aromatic carbocycles. The van der Waals surface area contributed by atoms with Crippen LogP contribution in [-0.2, 0) is 0 Å². The summed E-state index contributed by atoms with van der Waals surface area (Å²) in [5, 5.41) is 30.0. The van der Waals surface area contributed by atoms with Gasteiger partial charge in [0.05, 0.1) is 22.5 Å². The molecule has 0 saturated carbocycles. The molecule has 0 aliphatic heterocycles. The van der Waals surface area contributed by atoms with Gasteiger partial charge in [0.15, 0.2) is 5.78 Å². The van der Waals surface area contributed by atoms with Crippen molar-refractivity contribution in [3.63, 3.8) is 0 Å². The number of hydrogen-bond donors (Lipinski definition) is 2. The third kappa shape index (κ3) is 3.04. The van der Waals surface area contributed by atoms with Crippen molar-refractivity contribution in [2.75, 3.05) is 5.88 Å². The van der Waals surface area contributed by atoms with Crippen LogP contribution in [0.1, 0.15) is 28.9 Å². The molecule has 1 aromatic rings. The predicted octanol–water partition coefficient (Wildman–Crippen LogP) is 1.43. The molecule has 0 fully saturated rings. The van der Waals surface area contributed by atoms with Crippen LogP contribution in [0.25, 0.3) is 0 Å². The minimum absolute atomic E-state index is 0.0712. The number of nitro benzene ring substituents is 1. The van der Waals surface area contributed by atoms with Crippen LogP contribution >= 0.6 is 11.6 Å². The first-order chi connectivity index (χ1) is 8.38. The Morgan fingerprint density at radius 3 is 2.56 bits per heavy atom. The fourth-order valence-corrected chi connectivity index (χ4v) is 1.63. The molecule has 7 heteroatoms. The molecule has 0 amide bonds. The quantitative estimate of drug-likeness (QED) is 0.366. The highest BCUT2D eigenvalue weighted by Gasteiger charge is 2.26. The summed E-state index contributed by atoms with van der Waals surface area (Å²) in [6, 6.07) is 3.67. The van der Waals surface area contributed by atoms with Gasteiger partial charge in [0.25, 0.3) is 5.69 Å². The molecule has 98 valence electrons. The highest BCUT2D eigenvalue weighted by Crippen LogP contribution is 2.28. The third-order valence-electron chi connectivity index (χ3n) is 2.47. The second-order valence-electron chi connectivity index (χ2n) is 3.75. The summed E-state index contributed by atoms with van der Waals surface area (Å²) in [6.07, 6.45) is -2.78. The molecule has 2 unspecified atom stereocenters. The van der Waals surface area contributed by atoms with Crippen molar-refractivity contribution >= 4 is 23.1 Å². The number of nitrogens with zero attached hydrogens (tertiary/aromatic N) is 1. The van der Waals surface area contributed by atoms with Gasteiger partial charge in [-0.15, -0.1) is 11.6 Å². The number of ketones is 1. The van der Waals surface area contributed by atoms with Crippen LogP contribution in [0.3, 0.4) is 0 Å². The molecule has 0 bridgehead atoms. The Bertz CT molecular complexity index is 477. The van der Waals surface area contributed by atoms with Gasteiger partial charge in [0.1, 0.15) is 6.10 Å². The van der Waals surface area contributed by atoms with Gasteiger partial charge in [0, 0.05) is 11.6 Å². The summed E-state index contributed by atoms with van der Waals surface area (Å²) in [7, 11) is 0. The maximum absolute atomic E-state index is 11.1. The van der Waals surface area contributed by atoms with Crippen LogP contribution < -0.4 is 0 Å². The minimum atomic E-state index is -1.47. The number of hydrogen-bond acceptors (Lipinski definition) is 5. The van der Waals surface area contributed by atoms with E-state index in [1.165, 1.54) is 19.1 Å². The van der Waals surface area contributed by atoms with Crippen LogP contribution in [0.5, 0.6) is 0 Å². The lowest BCUT2D eigenvalue weighted by atomic mass is 10.00. The van der Waals surface area contributed by atoms with Crippen LogP contribution in [0, 0.1) is 10.1 Å². The number of carbonyl (C=O) groups is 1. The molecule has 1 rings (SSSR count). The van der Waals surface area contributed by atoms with Crippen LogP contribution in [0.4, 0.5) is 5.69 Å². The Morgan fingerprint density at radius 1 is 1.50 bits per heavy atom. The van der Waals surface area contributed by atoms with Gasteiger partial charge in [-0.3, -0.25) is 14.9 Å². The summed E-state index contributed by atoms with van der Waals surface area (Å²) in [5.41, 5.74) is -0.324. The molecular formula is C11H12ClNO5. The summed E-state index contributed by atoms with van der Waals surface area (Å²) < 4.78 is 0. The van der Waals surface area contributed by atoms with Crippen molar-refractivity contribution < 1.29 is 19.9 Å². The predicted molar refractivity (Wildman–Crippen MR) is 64.8 cm³/mol.